The van der Waals surface area contributed by atoms with E-state index in [1.165, 1.54) is 0 Å². The molecule has 0 aromatic carbocycles. The molecule has 0 aliphatic heterocycles. The number of amidine groups is 1. The smallest absolute Gasteiger partial charge is 0.120 e. The SMILES string of the molecule is COCC(N)=NC(C)(C)C. The van der Waals surface area contributed by atoms with Crippen LogP contribution in [0.5, 0.6) is 0 Å². The fraction of sp³-hybridized carbons (Fsp3) is 0.857. The Morgan fingerprint density at radius 1 is 1.50 bits per heavy atom. The summed E-state index contributed by atoms with van der Waals surface area (Å²) in [5.41, 5.74) is 5.40. The molecule has 3 nitrogen and oxygen atoms in total. The van der Waals surface area contributed by atoms with Crippen LogP contribution in [0.2, 0.25) is 0 Å². The monoisotopic (exact) mass is 144 g/mol. The standard InChI is InChI=1S/C7H16N2O/c1-7(2,3)9-6(8)5-10-4/h5H2,1-4H3,(H2,8,9). The average molecular weight is 144 g/mol. The molecule has 0 saturated heterocycles. The number of ether oxygens (including phenoxy) is 1. The molecule has 0 rings (SSSR count). The van der Waals surface area contributed by atoms with Crippen molar-refractivity contribution in [1.82, 2.24) is 0 Å². The Bertz CT molecular complexity index is 124. The van der Waals surface area contributed by atoms with Gasteiger partial charge >= 0.3 is 0 Å². The first-order chi connectivity index (χ1) is 4.45. The summed E-state index contributed by atoms with van der Waals surface area (Å²) in [7, 11) is 1.60. The van der Waals surface area contributed by atoms with Gasteiger partial charge in [0.05, 0.1) is 5.54 Å². The summed E-state index contributed by atoms with van der Waals surface area (Å²) in [6, 6.07) is 0. The molecule has 0 aliphatic carbocycles. The van der Waals surface area contributed by atoms with Crippen molar-refractivity contribution in [1.29, 1.82) is 0 Å². The highest BCUT2D eigenvalue weighted by Gasteiger charge is 2.07. The molecule has 60 valence electrons. The van der Waals surface area contributed by atoms with Crippen molar-refractivity contribution < 1.29 is 4.74 Å². The van der Waals surface area contributed by atoms with E-state index in [0.717, 1.165) is 0 Å². The van der Waals surface area contributed by atoms with Gasteiger partial charge in [-0.25, -0.2) is 0 Å². The summed E-state index contributed by atoms with van der Waals surface area (Å²) in [6.45, 7) is 6.40. The molecular formula is C7H16N2O. The predicted octanol–water partition coefficient (Wildman–Crippen LogP) is 0.788. The molecule has 0 unspecified atom stereocenters. The fourth-order valence-electron chi connectivity index (χ4n) is 0.611. The van der Waals surface area contributed by atoms with Crippen molar-refractivity contribution in [3.63, 3.8) is 0 Å². The van der Waals surface area contributed by atoms with Crippen molar-refractivity contribution in [2.24, 2.45) is 10.7 Å². The molecule has 0 saturated carbocycles. The highest BCUT2D eigenvalue weighted by Crippen LogP contribution is 2.05. The summed E-state index contributed by atoms with van der Waals surface area (Å²) in [5.74, 6) is 0.551. The van der Waals surface area contributed by atoms with Gasteiger partial charge in [-0.1, -0.05) is 0 Å². The third-order valence-corrected chi connectivity index (χ3v) is 0.771. The molecule has 0 heterocycles. The molecule has 0 aromatic rings. The van der Waals surface area contributed by atoms with Crippen molar-refractivity contribution in [3.05, 3.63) is 0 Å². The summed E-state index contributed by atoms with van der Waals surface area (Å²) in [6.07, 6.45) is 0. The highest BCUT2D eigenvalue weighted by molar-refractivity contribution is 5.81. The zero-order valence-corrected chi connectivity index (χ0v) is 7.14. The van der Waals surface area contributed by atoms with Gasteiger partial charge in [-0.3, -0.25) is 4.99 Å². The van der Waals surface area contributed by atoms with E-state index in [0.29, 0.717) is 12.4 Å². The van der Waals surface area contributed by atoms with Gasteiger partial charge in [0.15, 0.2) is 0 Å². The quantitative estimate of drug-likeness (QED) is 0.460. The molecule has 10 heavy (non-hydrogen) atoms. The highest BCUT2D eigenvalue weighted by atomic mass is 16.5. The maximum Gasteiger partial charge on any atom is 0.120 e. The van der Waals surface area contributed by atoms with Crippen LogP contribution in [0.1, 0.15) is 20.8 Å². The fourth-order valence-corrected chi connectivity index (χ4v) is 0.611. The lowest BCUT2D eigenvalue weighted by atomic mass is 10.1. The third-order valence-electron chi connectivity index (χ3n) is 0.771. The topological polar surface area (TPSA) is 47.6 Å². The van der Waals surface area contributed by atoms with Gasteiger partial charge in [-0.05, 0) is 20.8 Å². The molecule has 0 aliphatic rings. The van der Waals surface area contributed by atoms with E-state index in [9.17, 15) is 0 Å². The van der Waals surface area contributed by atoms with Gasteiger partial charge in [0, 0.05) is 7.11 Å². The molecule has 0 fully saturated rings. The van der Waals surface area contributed by atoms with Gasteiger partial charge in [0.1, 0.15) is 12.4 Å². The zero-order chi connectivity index (χ0) is 8.20. The van der Waals surface area contributed by atoms with Crippen LogP contribution in [0.15, 0.2) is 4.99 Å². The molecule has 3 heteroatoms. The van der Waals surface area contributed by atoms with Crippen LogP contribution >= 0.6 is 0 Å². The summed E-state index contributed by atoms with van der Waals surface area (Å²) >= 11 is 0. The predicted molar refractivity (Wildman–Crippen MR) is 43.3 cm³/mol. The number of rotatable bonds is 2. The molecule has 0 spiro atoms. The van der Waals surface area contributed by atoms with Crippen molar-refractivity contribution in [2.45, 2.75) is 26.3 Å². The number of methoxy groups -OCH3 is 1. The van der Waals surface area contributed by atoms with Crippen LogP contribution in [-0.2, 0) is 4.74 Å². The number of nitrogens with zero attached hydrogens (tertiary/aromatic N) is 1. The summed E-state index contributed by atoms with van der Waals surface area (Å²) in [4.78, 5) is 4.17. The number of nitrogens with two attached hydrogens (primary N) is 1. The summed E-state index contributed by atoms with van der Waals surface area (Å²) < 4.78 is 4.79. The first-order valence-electron chi connectivity index (χ1n) is 3.29. The van der Waals surface area contributed by atoms with Crippen LogP contribution in [0.3, 0.4) is 0 Å². The second kappa shape index (κ2) is 3.56. The number of hydrogen-bond donors (Lipinski definition) is 1. The molecular weight excluding hydrogens is 128 g/mol. The second-order valence-corrected chi connectivity index (χ2v) is 3.21. The van der Waals surface area contributed by atoms with E-state index in [4.69, 9.17) is 10.5 Å². The van der Waals surface area contributed by atoms with Crippen LogP contribution in [-0.4, -0.2) is 25.1 Å². The van der Waals surface area contributed by atoms with E-state index >= 15 is 0 Å². The lowest BCUT2D eigenvalue weighted by Crippen LogP contribution is -2.24. The van der Waals surface area contributed by atoms with E-state index in [2.05, 4.69) is 4.99 Å². The van der Waals surface area contributed by atoms with Crippen molar-refractivity contribution in [2.75, 3.05) is 13.7 Å². The number of hydrogen-bond acceptors (Lipinski definition) is 2. The molecule has 0 aromatic heterocycles. The van der Waals surface area contributed by atoms with Crippen LogP contribution in [0, 0.1) is 0 Å². The molecule has 0 amide bonds. The molecule has 0 radical (unpaired) electrons. The Morgan fingerprint density at radius 2 is 2.00 bits per heavy atom. The Balaban J connectivity index is 3.90. The maximum atomic E-state index is 5.50. The molecule has 0 atom stereocenters. The van der Waals surface area contributed by atoms with E-state index in [1.807, 2.05) is 20.8 Å². The minimum Gasteiger partial charge on any atom is -0.386 e. The normalized spacial score (nSPS) is 13.8. The lowest BCUT2D eigenvalue weighted by Gasteiger charge is -2.12. The first kappa shape index (κ1) is 9.43. The van der Waals surface area contributed by atoms with Crippen LogP contribution < -0.4 is 5.73 Å². The first-order valence-corrected chi connectivity index (χ1v) is 3.29. The van der Waals surface area contributed by atoms with Gasteiger partial charge in [-0.2, -0.15) is 0 Å². The minimum atomic E-state index is -0.0946. The van der Waals surface area contributed by atoms with E-state index < -0.39 is 0 Å². The van der Waals surface area contributed by atoms with Crippen LogP contribution in [0.25, 0.3) is 0 Å². The second-order valence-electron chi connectivity index (χ2n) is 3.21. The van der Waals surface area contributed by atoms with Crippen LogP contribution in [0.4, 0.5) is 0 Å². The maximum absolute atomic E-state index is 5.50. The Labute approximate surface area is 62.3 Å². The third kappa shape index (κ3) is 5.56. The van der Waals surface area contributed by atoms with Crippen molar-refractivity contribution >= 4 is 5.84 Å². The van der Waals surface area contributed by atoms with Gasteiger partial charge in [0.2, 0.25) is 0 Å². The summed E-state index contributed by atoms with van der Waals surface area (Å²) in [5, 5.41) is 0. The minimum absolute atomic E-state index is 0.0946. The Kier molecular flexibility index (Phi) is 3.36. The average Bonchev–Trinajstić information content (AvgIpc) is 1.59. The molecule has 0 bridgehead atoms. The van der Waals surface area contributed by atoms with Gasteiger partial charge in [0.25, 0.3) is 0 Å². The number of aliphatic imine (C=N–C) groups is 1. The Hall–Kier alpha value is -0.570. The zero-order valence-electron chi connectivity index (χ0n) is 7.14. The molecule has 2 N–H and O–H groups in total. The van der Waals surface area contributed by atoms with Gasteiger partial charge < -0.3 is 10.5 Å². The van der Waals surface area contributed by atoms with E-state index in [-0.39, 0.29) is 5.54 Å². The largest absolute Gasteiger partial charge is 0.386 e. The van der Waals surface area contributed by atoms with Crippen molar-refractivity contribution in [3.8, 4) is 0 Å². The van der Waals surface area contributed by atoms with E-state index in [1.54, 1.807) is 7.11 Å². The Morgan fingerprint density at radius 3 is 2.30 bits per heavy atom. The lowest BCUT2D eigenvalue weighted by molar-refractivity contribution is 0.243. The van der Waals surface area contributed by atoms with Gasteiger partial charge in [-0.15, -0.1) is 0 Å².